The molecule has 1 atom stereocenters. The molecule has 2 bridgehead atoms. The Morgan fingerprint density at radius 1 is 1.06 bits per heavy atom. The van der Waals surface area contributed by atoms with Crippen molar-refractivity contribution in [2.45, 2.75) is 44.2 Å². The lowest BCUT2D eigenvalue weighted by molar-refractivity contribution is -0.614. The van der Waals surface area contributed by atoms with Crippen molar-refractivity contribution in [3.8, 4) is 27.9 Å². The maximum atomic E-state index is 13.8. The predicted molar refractivity (Wildman–Crippen MR) is 172 cm³/mol. The first kappa shape index (κ1) is 32.7. The monoisotopic (exact) mass is 675 g/mol. The van der Waals surface area contributed by atoms with Gasteiger partial charge in [0.1, 0.15) is 0 Å². The van der Waals surface area contributed by atoms with Gasteiger partial charge in [-0.3, -0.25) is 9.59 Å². The van der Waals surface area contributed by atoms with E-state index in [2.05, 4.69) is 15.6 Å². The van der Waals surface area contributed by atoms with E-state index in [-0.39, 0.29) is 30.4 Å². The zero-order valence-corrected chi connectivity index (χ0v) is 26.4. The second-order valence-electron chi connectivity index (χ2n) is 11.5. The molecule has 3 heterocycles. The summed E-state index contributed by atoms with van der Waals surface area (Å²) in [5.74, 6) is -0.878. The van der Waals surface area contributed by atoms with Crippen molar-refractivity contribution < 1.29 is 32.2 Å². The van der Waals surface area contributed by atoms with Crippen LogP contribution in [-0.2, 0) is 26.9 Å². The van der Waals surface area contributed by atoms with Crippen molar-refractivity contribution in [1.82, 2.24) is 15.0 Å². The Balaban J connectivity index is 1.38. The summed E-state index contributed by atoms with van der Waals surface area (Å²) in [5.41, 5.74) is 4.15. The number of nitrogens with zero attached hydrogens (tertiary/aromatic N) is 4. The van der Waals surface area contributed by atoms with Crippen LogP contribution in [0.15, 0.2) is 85.2 Å². The standard InChI is InChI=1S/C35H29ClF3N5O4/c1-48-34(46)16-21-9-12-26-22-5-4-6-23(17-22)27(7-2-3-8-33(45)40-29(26)15-21)31-13-10-24(19-44(31)47)28-18-25(36)11-14-30(28)43-20-32(41-42-43)35(37,38)39/h4-6,9-15,17-20,27H,2-3,7-8,16H2,1H3,(H,40,45)/t27-/m0/s1. The molecule has 1 aliphatic rings. The highest BCUT2D eigenvalue weighted by Gasteiger charge is 2.35. The highest BCUT2D eigenvalue weighted by Crippen LogP contribution is 2.37. The first-order valence-corrected chi connectivity index (χ1v) is 15.5. The van der Waals surface area contributed by atoms with E-state index in [1.54, 1.807) is 24.3 Å². The number of amides is 1. The van der Waals surface area contributed by atoms with Gasteiger partial charge in [0.15, 0.2) is 17.6 Å². The average Bonchev–Trinajstić information content (AvgIpc) is 3.56. The van der Waals surface area contributed by atoms with Gasteiger partial charge in [0.25, 0.3) is 0 Å². The molecule has 0 fully saturated rings. The van der Waals surface area contributed by atoms with E-state index in [0.29, 0.717) is 52.4 Å². The minimum Gasteiger partial charge on any atom is -0.618 e. The second-order valence-corrected chi connectivity index (χ2v) is 11.9. The maximum absolute atomic E-state index is 13.8. The summed E-state index contributed by atoms with van der Waals surface area (Å²) in [6.07, 6.45) is -0.357. The number of rotatable bonds is 5. The fourth-order valence-corrected chi connectivity index (χ4v) is 6.09. The minimum absolute atomic E-state index is 0.0609. The van der Waals surface area contributed by atoms with Gasteiger partial charge in [-0.1, -0.05) is 59.6 Å². The lowest BCUT2D eigenvalue weighted by atomic mass is 9.87. The number of carbonyl (C=O) groups excluding carboxylic acids is 2. The molecule has 6 rings (SSSR count). The molecule has 5 aromatic rings. The zero-order valence-electron chi connectivity index (χ0n) is 25.6. The number of anilines is 1. The number of alkyl halides is 3. The number of ether oxygens (including phenoxy) is 1. The number of hydrogen-bond donors (Lipinski definition) is 1. The lowest BCUT2D eigenvalue weighted by Crippen LogP contribution is -2.33. The summed E-state index contributed by atoms with van der Waals surface area (Å²) in [6, 6.07) is 21.2. The van der Waals surface area contributed by atoms with Crippen LogP contribution in [-0.4, -0.2) is 34.0 Å². The van der Waals surface area contributed by atoms with Crippen molar-refractivity contribution in [2.75, 3.05) is 12.4 Å². The number of pyridine rings is 1. The van der Waals surface area contributed by atoms with Gasteiger partial charge in [-0.25, -0.2) is 4.68 Å². The molecule has 2 aromatic heterocycles. The average molecular weight is 676 g/mol. The summed E-state index contributed by atoms with van der Waals surface area (Å²) in [4.78, 5) is 24.8. The molecule has 13 heteroatoms. The van der Waals surface area contributed by atoms with Crippen LogP contribution < -0.4 is 10.0 Å². The highest BCUT2D eigenvalue weighted by molar-refractivity contribution is 6.31. The SMILES string of the molecule is COC(=O)Cc1ccc2c(c1)NC(=O)CCCC[C@H](c1ccc(-c3cc(Cl)ccc3-n3cc(C(F)(F)F)nn3)c[n+]1[O-])c1cccc-2c1. The second kappa shape index (κ2) is 13.5. The minimum atomic E-state index is -4.67. The smallest absolute Gasteiger partial charge is 0.436 e. The Hall–Kier alpha value is -5.23. The molecule has 0 saturated carbocycles. The molecule has 48 heavy (non-hydrogen) atoms. The first-order valence-electron chi connectivity index (χ1n) is 15.1. The molecule has 1 N–H and O–H groups in total. The fourth-order valence-electron chi connectivity index (χ4n) is 5.92. The van der Waals surface area contributed by atoms with E-state index in [9.17, 15) is 28.0 Å². The molecule has 1 amide bonds. The van der Waals surface area contributed by atoms with E-state index >= 15 is 0 Å². The Morgan fingerprint density at radius 2 is 1.90 bits per heavy atom. The number of hydrogen-bond acceptors (Lipinski definition) is 6. The Kier molecular flexibility index (Phi) is 9.18. The maximum Gasteiger partial charge on any atom is 0.436 e. The number of carbonyl (C=O) groups is 2. The Morgan fingerprint density at radius 3 is 2.65 bits per heavy atom. The summed E-state index contributed by atoms with van der Waals surface area (Å²) in [6.45, 7) is 0. The van der Waals surface area contributed by atoms with E-state index in [4.69, 9.17) is 16.3 Å². The number of halogens is 4. The van der Waals surface area contributed by atoms with Crippen LogP contribution >= 0.6 is 11.6 Å². The van der Waals surface area contributed by atoms with Gasteiger partial charge in [-0.05, 0) is 59.9 Å². The van der Waals surface area contributed by atoms with Crippen molar-refractivity contribution in [1.29, 1.82) is 0 Å². The Labute approximate surface area is 278 Å². The van der Waals surface area contributed by atoms with Crippen LogP contribution in [0.4, 0.5) is 18.9 Å². The van der Waals surface area contributed by atoms with Gasteiger partial charge in [0, 0.05) is 39.9 Å². The van der Waals surface area contributed by atoms with Crippen LogP contribution in [0.3, 0.4) is 0 Å². The molecular formula is C35H29ClF3N5O4. The van der Waals surface area contributed by atoms with E-state index in [1.165, 1.54) is 25.4 Å². The van der Waals surface area contributed by atoms with Crippen LogP contribution in [0.1, 0.15) is 54.1 Å². The third-order valence-corrected chi connectivity index (χ3v) is 8.52. The molecule has 9 nitrogen and oxygen atoms in total. The summed E-state index contributed by atoms with van der Waals surface area (Å²) in [5, 5.41) is 24.0. The largest absolute Gasteiger partial charge is 0.618 e. The van der Waals surface area contributed by atoms with Crippen molar-refractivity contribution in [3.63, 3.8) is 0 Å². The molecule has 1 aliphatic heterocycles. The van der Waals surface area contributed by atoms with Crippen molar-refractivity contribution >= 4 is 29.2 Å². The normalized spacial score (nSPS) is 15.1. The number of fused-ring (bicyclic) bond motifs is 4. The predicted octanol–water partition coefficient (Wildman–Crippen LogP) is 7.27. The van der Waals surface area contributed by atoms with Crippen LogP contribution in [0, 0.1) is 5.21 Å². The zero-order chi connectivity index (χ0) is 34.0. The number of esters is 1. The molecule has 3 aromatic carbocycles. The topological polar surface area (TPSA) is 113 Å². The van der Waals surface area contributed by atoms with Crippen molar-refractivity contribution in [2.24, 2.45) is 0 Å². The van der Waals surface area contributed by atoms with Gasteiger partial charge in [0.2, 0.25) is 5.91 Å². The van der Waals surface area contributed by atoms with Gasteiger partial charge in [-0.15, -0.1) is 5.10 Å². The molecule has 246 valence electrons. The highest BCUT2D eigenvalue weighted by atomic mass is 35.5. The van der Waals surface area contributed by atoms with Gasteiger partial charge in [0.05, 0.1) is 31.3 Å². The molecule has 0 unspecified atom stereocenters. The number of benzene rings is 3. The van der Waals surface area contributed by atoms with Crippen LogP contribution in [0.2, 0.25) is 5.02 Å². The van der Waals surface area contributed by atoms with Gasteiger partial charge >= 0.3 is 12.1 Å². The van der Waals surface area contributed by atoms with Gasteiger partial charge in [-0.2, -0.15) is 17.9 Å². The third kappa shape index (κ3) is 7.03. The van der Waals surface area contributed by atoms with E-state index in [0.717, 1.165) is 32.3 Å². The molecular weight excluding hydrogens is 647 g/mol. The number of nitrogens with one attached hydrogen (secondary N) is 1. The quantitative estimate of drug-likeness (QED) is 0.119. The van der Waals surface area contributed by atoms with Crippen LogP contribution in [0.5, 0.6) is 0 Å². The Bertz CT molecular complexity index is 2010. The van der Waals surface area contributed by atoms with Gasteiger partial charge < -0.3 is 15.3 Å². The molecule has 0 spiro atoms. The molecule has 0 radical (unpaired) electrons. The van der Waals surface area contributed by atoms with Crippen molar-refractivity contribution in [3.05, 3.63) is 118 Å². The summed E-state index contributed by atoms with van der Waals surface area (Å²) < 4.78 is 46.3. The fraction of sp³-hybridized carbons (Fsp3) is 0.229. The number of methoxy groups -OCH3 is 1. The van der Waals surface area contributed by atoms with E-state index in [1.807, 2.05) is 36.4 Å². The molecule has 0 aliphatic carbocycles. The third-order valence-electron chi connectivity index (χ3n) is 8.28. The first-order chi connectivity index (χ1) is 23.0. The van der Waals surface area contributed by atoms with E-state index < -0.39 is 17.8 Å². The molecule has 0 saturated heterocycles. The number of aromatic nitrogens is 4. The summed E-state index contributed by atoms with van der Waals surface area (Å²) >= 11 is 6.27. The lowest BCUT2D eigenvalue weighted by Gasteiger charge is -2.20. The summed E-state index contributed by atoms with van der Waals surface area (Å²) in [7, 11) is 1.32. The van der Waals surface area contributed by atoms with Crippen LogP contribution in [0.25, 0.3) is 27.9 Å².